The van der Waals surface area contributed by atoms with E-state index < -0.39 is 15.7 Å². The molecule has 1 aromatic heterocycles. The Morgan fingerprint density at radius 1 is 1.16 bits per heavy atom. The van der Waals surface area contributed by atoms with Gasteiger partial charge in [0.1, 0.15) is 27.1 Å². The molecule has 3 aromatic rings. The normalized spacial score (nSPS) is 11.8. The number of carbonyl (C=O) groups excluding carboxylic acids is 1. The quantitative estimate of drug-likeness (QED) is 0.514. The number of carbonyl (C=O) groups is 1. The Balaban J connectivity index is 2.13. The Kier molecular flexibility index (Phi) is 6.83. The van der Waals surface area contributed by atoms with Gasteiger partial charge in [-0.1, -0.05) is 19.9 Å². The molecule has 0 aliphatic heterocycles. The number of phenolic OH excluding ortho intramolecular Hbond substituents is 1. The zero-order valence-corrected chi connectivity index (χ0v) is 19.4. The molecular weight excluding hydrogens is 431 g/mol. The molecule has 170 valence electrons. The van der Waals surface area contributed by atoms with E-state index in [9.17, 15) is 22.7 Å². The van der Waals surface area contributed by atoms with Crippen molar-refractivity contribution in [1.29, 1.82) is 0 Å². The largest absolute Gasteiger partial charge is 0.508 e. The first kappa shape index (κ1) is 23.7. The van der Waals surface area contributed by atoms with Crippen LogP contribution in [0.4, 0.5) is 4.39 Å². The molecule has 1 heterocycles. The molecule has 6 nitrogen and oxygen atoms in total. The van der Waals surface area contributed by atoms with Crippen LogP contribution in [0.1, 0.15) is 47.9 Å². The minimum atomic E-state index is -3.11. The molecule has 2 N–H and O–H groups in total. The van der Waals surface area contributed by atoms with Crippen LogP contribution in [0.15, 0.2) is 36.4 Å². The summed E-state index contributed by atoms with van der Waals surface area (Å²) in [5.74, 6) is -0.825. The lowest BCUT2D eigenvalue weighted by Gasteiger charge is -2.19. The van der Waals surface area contributed by atoms with Crippen molar-refractivity contribution >= 4 is 26.5 Å². The van der Waals surface area contributed by atoms with Gasteiger partial charge < -0.3 is 10.4 Å². The van der Waals surface area contributed by atoms with Gasteiger partial charge in [-0.2, -0.15) is 0 Å². The number of fused-ring (bicyclic) bond motifs is 1. The molecule has 0 bridgehead atoms. The highest BCUT2D eigenvalue weighted by atomic mass is 32.2. The van der Waals surface area contributed by atoms with E-state index in [1.165, 1.54) is 12.1 Å². The van der Waals surface area contributed by atoms with E-state index in [0.717, 1.165) is 17.4 Å². The van der Waals surface area contributed by atoms with Crippen LogP contribution in [-0.2, 0) is 9.84 Å². The molecule has 32 heavy (non-hydrogen) atoms. The third kappa shape index (κ3) is 5.24. The second-order valence-electron chi connectivity index (χ2n) is 8.31. The van der Waals surface area contributed by atoms with Crippen molar-refractivity contribution in [3.8, 4) is 16.9 Å². The van der Waals surface area contributed by atoms with E-state index >= 15 is 0 Å². The van der Waals surface area contributed by atoms with Crippen molar-refractivity contribution in [2.45, 2.75) is 33.1 Å². The fraction of sp³-hybridized carbons (Fsp3) is 0.333. The topological polar surface area (TPSA) is 96.4 Å². The predicted molar refractivity (Wildman–Crippen MR) is 124 cm³/mol. The second kappa shape index (κ2) is 9.24. The highest BCUT2D eigenvalue weighted by Crippen LogP contribution is 2.38. The molecule has 0 radical (unpaired) electrons. The Morgan fingerprint density at radius 2 is 1.88 bits per heavy atom. The monoisotopic (exact) mass is 458 g/mol. The summed E-state index contributed by atoms with van der Waals surface area (Å²) in [5.41, 5.74) is 2.89. The number of sulfone groups is 1. The van der Waals surface area contributed by atoms with Gasteiger partial charge in [-0.25, -0.2) is 17.8 Å². The second-order valence-corrected chi connectivity index (χ2v) is 10.6. The van der Waals surface area contributed by atoms with E-state index in [4.69, 9.17) is 0 Å². The fourth-order valence-electron chi connectivity index (χ4n) is 3.64. The molecule has 0 atom stereocenters. The summed E-state index contributed by atoms with van der Waals surface area (Å²) in [4.78, 5) is 17.6. The van der Waals surface area contributed by atoms with Crippen molar-refractivity contribution in [2.75, 3.05) is 18.6 Å². The fourth-order valence-corrected chi connectivity index (χ4v) is 4.30. The number of aryl methyl sites for hydroxylation is 1. The van der Waals surface area contributed by atoms with Gasteiger partial charge in [-0.15, -0.1) is 0 Å². The summed E-state index contributed by atoms with van der Waals surface area (Å²) in [5, 5.41) is 14.0. The van der Waals surface area contributed by atoms with Gasteiger partial charge in [-0.05, 0) is 66.1 Å². The first-order valence-corrected chi connectivity index (χ1v) is 12.4. The number of pyridine rings is 1. The maximum atomic E-state index is 13.9. The Labute approximate surface area is 187 Å². The van der Waals surface area contributed by atoms with Gasteiger partial charge in [0, 0.05) is 23.8 Å². The summed E-state index contributed by atoms with van der Waals surface area (Å²) in [6.45, 7) is 5.79. The predicted octanol–water partition coefficient (Wildman–Crippen LogP) is 4.34. The first-order chi connectivity index (χ1) is 15.0. The van der Waals surface area contributed by atoms with E-state index in [2.05, 4.69) is 10.3 Å². The number of benzene rings is 2. The third-order valence-electron chi connectivity index (χ3n) is 5.20. The summed E-state index contributed by atoms with van der Waals surface area (Å²) in [7, 11) is -3.11. The number of aromatic nitrogens is 1. The molecule has 8 heteroatoms. The van der Waals surface area contributed by atoms with Gasteiger partial charge in [-0.3, -0.25) is 4.79 Å². The van der Waals surface area contributed by atoms with Crippen molar-refractivity contribution in [2.24, 2.45) is 0 Å². The number of aromatic hydroxyl groups is 1. The summed E-state index contributed by atoms with van der Waals surface area (Å²) < 4.78 is 36.5. The third-order valence-corrected chi connectivity index (χ3v) is 6.23. The van der Waals surface area contributed by atoms with Crippen LogP contribution in [0.3, 0.4) is 0 Å². The maximum absolute atomic E-state index is 13.9. The highest BCUT2D eigenvalue weighted by molar-refractivity contribution is 7.90. The standard InChI is InChI=1S/C24H27FN2O4S/c1-14(2)22-21(16-6-9-20(25)15(3)12-16)18-8-7-17(28)13-19(18)23(27-22)24(29)26-10-5-11-32(4,30)31/h6-9,12-14,28H,5,10-11H2,1-4H3,(H,26,29). The highest BCUT2D eigenvalue weighted by Gasteiger charge is 2.22. The van der Waals surface area contributed by atoms with Gasteiger partial charge in [0.15, 0.2) is 0 Å². The molecule has 0 saturated carbocycles. The molecular formula is C24H27FN2O4S. The lowest BCUT2D eigenvalue weighted by molar-refractivity contribution is 0.0950. The lowest BCUT2D eigenvalue weighted by atomic mass is 9.90. The summed E-state index contributed by atoms with van der Waals surface area (Å²) in [6.07, 6.45) is 1.44. The maximum Gasteiger partial charge on any atom is 0.270 e. The minimum Gasteiger partial charge on any atom is -0.508 e. The molecule has 0 unspecified atom stereocenters. The Bertz CT molecular complexity index is 1290. The van der Waals surface area contributed by atoms with Crippen LogP contribution in [-0.4, -0.2) is 43.0 Å². The molecule has 0 fully saturated rings. The van der Waals surface area contributed by atoms with Gasteiger partial charge >= 0.3 is 0 Å². The molecule has 2 aromatic carbocycles. The number of rotatable bonds is 7. The van der Waals surface area contributed by atoms with E-state index in [1.54, 1.807) is 31.2 Å². The molecule has 1 amide bonds. The number of hydrogen-bond donors (Lipinski definition) is 2. The number of nitrogens with zero attached hydrogens (tertiary/aromatic N) is 1. The molecule has 0 aliphatic carbocycles. The number of phenols is 1. The first-order valence-electron chi connectivity index (χ1n) is 10.4. The summed E-state index contributed by atoms with van der Waals surface area (Å²) in [6, 6.07) is 9.59. The van der Waals surface area contributed by atoms with E-state index in [-0.39, 0.29) is 41.9 Å². The zero-order valence-electron chi connectivity index (χ0n) is 18.6. The van der Waals surface area contributed by atoms with Crippen molar-refractivity contribution in [3.05, 3.63) is 59.2 Å². The average Bonchev–Trinajstić information content (AvgIpc) is 2.71. The van der Waals surface area contributed by atoms with Gasteiger partial charge in [0.05, 0.1) is 11.4 Å². The smallest absolute Gasteiger partial charge is 0.270 e. The lowest BCUT2D eigenvalue weighted by Crippen LogP contribution is -2.27. The number of nitrogens with one attached hydrogen (secondary N) is 1. The molecule has 3 rings (SSSR count). The van der Waals surface area contributed by atoms with Crippen LogP contribution in [0.5, 0.6) is 5.75 Å². The summed E-state index contributed by atoms with van der Waals surface area (Å²) >= 11 is 0. The number of halogens is 1. The van der Waals surface area contributed by atoms with Crippen molar-refractivity contribution in [1.82, 2.24) is 10.3 Å². The SMILES string of the molecule is Cc1cc(-c2c(C(C)C)nc(C(=O)NCCCS(C)(=O)=O)c3cc(O)ccc23)ccc1F. The van der Waals surface area contributed by atoms with E-state index in [0.29, 0.717) is 22.0 Å². The van der Waals surface area contributed by atoms with Gasteiger partial charge in [0.25, 0.3) is 5.91 Å². The van der Waals surface area contributed by atoms with Gasteiger partial charge in [0.2, 0.25) is 0 Å². The number of amides is 1. The van der Waals surface area contributed by atoms with E-state index in [1.807, 2.05) is 13.8 Å². The van der Waals surface area contributed by atoms with Crippen molar-refractivity contribution < 1.29 is 22.7 Å². The number of hydrogen-bond acceptors (Lipinski definition) is 5. The Hall–Kier alpha value is -3.00. The Morgan fingerprint density at radius 3 is 2.50 bits per heavy atom. The van der Waals surface area contributed by atoms with Crippen LogP contribution >= 0.6 is 0 Å². The van der Waals surface area contributed by atoms with Crippen LogP contribution in [0, 0.1) is 12.7 Å². The molecule has 0 aliphatic rings. The van der Waals surface area contributed by atoms with Crippen LogP contribution in [0.25, 0.3) is 21.9 Å². The van der Waals surface area contributed by atoms with Crippen molar-refractivity contribution in [3.63, 3.8) is 0 Å². The average molecular weight is 459 g/mol. The van der Waals surface area contributed by atoms with Crippen LogP contribution < -0.4 is 5.32 Å². The minimum absolute atomic E-state index is 0.0102. The molecule has 0 spiro atoms. The van der Waals surface area contributed by atoms with Crippen LogP contribution in [0.2, 0.25) is 0 Å². The zero-order chi connectivity index (χ0) is 23.6. The molecule has 0 saturated heterocycles.